The van der Waals surface area contributed by atoms with Gasteiger partial charge in [-0.1, -0.05) is 11.6 Å². The Bertz CT molecular complexity index is 331. The van der Waals surface area contributed by atoms with Gasteiger partial charge in [0.2, 0.25) is 0 Å². The molecule has 0 aromatic carbocycles. The molecule has 1 unspecified atom stereocenters. The van der Waals surface area contributed by atoms with E-state index in [0.717, 1.165) is 11.1 Å². The maximum Gasteiger partial charge on any atom is 0.313 e. The number of ketones is 1. The van der Waals surface area contributed by atoms with Crippen LogP contribution in [-0.2, 0) is 9.59 Å². The molecule has 0 saturated carbocycles. The van der Waals surface area contributed by atoms with Crippen molar-refractivity contribution >= 4 is 23.5 Å². The van der Waals surface area contributed by atoms with Gasteiger partial charge in [0, 0.05) is 11.7 Å². The van der Waals surface area contributed by atoms with Crippen LogP contribution in [0.25, 0.3) is 0 Å². The maximum atomic E-state index is 11.6. The quantitative estimate of drug-likeness (QED) is 0.729. The molecule has 0 bridgehead atoms. The lowest BCUT2D eigenvalue weighted by Gasteiger charge is -2.08. The Kier molecular flexibility index (Phi) is 4.15. The summed E-state index contributed by atoms with van der Waals surface area (Å²) < 4.78 is 0. The van der Waals surface area contributed by atoms with Crippen molar-refractivity contribution in [3.8, 4) is 0 Å². The van der Waals surface area contributed by atoms with Gasteiger partial charge in [0.25, 0.3) is 0 Å². The molecule has 82 valence electrons. The first-order valence-corrected chi connectivity index (χ1v) is 5.78. The van der Waals surface area contributed by atoms with Crippen molar-refractivity contribution in [1.82, 2.24) is 0 Å². The molecule has 0 fully saturated rings. The van der Waals surface area contributed by atoms with Gasteiger partial charge in [0.05, 0.1) is 5.75 Å². The summed E-state index contributed by atoms with van der Waals surface area (Å²) in [7, 11) is 0. The Morgan fingerprint density at radius 1 is 1.73 bits per heavy atom. The van der Waals surface area contributed by atoms with Crippen LogP contribution in [0.15, 0.2) is 23.8 Å². The Labute approximate surface area is 93.2 Å². The minimum Gasteiger partial charge on any atom is -0.481 e. The fourth-order valence-electron chi connectivity index (χ4n) is 1.63. The van der Waals surface area contributed by atoms with Crippen molar-refractivity contribution in [2.75, 3.05) is 5.75 Å². The van der Waals surface area contributed by atoms with Gasteiger partial charge in [0.15, 0.2) is 5.78 Å². The summed E-state index contributed by atoms with van der Waals surface area (Å²) in [6, 6.07) is 0. The summed E-state index contributed by atoms with van der Waals surface area (Å²) >= 11 is 1.32. The fraction of sp³-hybridized carbons (Fsp3) is 0.455. The third-order valence-electron chi connectivity index (χ3n) is 2.42. The van der Waals surface area contributed by atoms with Crippen molar-refractivity contribution in [3.05, 3.63) is 23.8 Å². The van der Waals surface area contributed by atoms with Crippen molar-refractivity contribution < 1.29 is 14.7 Å². The van der Waals surface area contributed by atoms with Crippen LogP contribution < -0.4 is 0 Å². The van der Waals surface area contributed by atoms with E-state index < -0.39 is 5.97 Å². The lowest BCUT2D eigenvalue weighted by Crippen LogP contribution is -2.07. The molecule has 0 amide bonds. The highest BCUT2D eigenvalue weighted by molar-refractivity contribution is 8.00. The third kappa shape index (κ3) is 2.96. The standard InChI is InChI=1S/C11H14O3S/c1-3-4-8-7(2)10(5-9(8)12)15-6-11(13)14/h3,10H,1,4-6H2,2H3,(H,13,14). The molecule has 0 saturated heterocycles. The summed E-state index contributed by atoms with van der Waals surface area (Å²) in [4.78, 5) is 22.0. The summed E-state index contributed by atoms with van der Waals surface area (Å²) in [5.74, 6) is -0.649. The van der Waals surface area contributed by atoms with Crippen molar-refractivity contribution in [3.63, 3.8) is 0 Å². The molecule has 0 heterocycles. The highest BCUT2D eigenvalue weighted by atomic mass is 32.2. The molecule has 0 radical (unpaired) electrons. The number of hydrogen-bond acceptors (Lipinski definition) is 3. The summed E-state index contributed by atoms with van der Waals surface area (Å²) in [6.45, 7) is 5.51. The molecule has 1 rings (SSSR count). The van der Waals surface area contributed by atoms with Gasteiger partial charge in [0.1, 0.15) is 0 Å². The molecular formula is C11H14O3S. The van der Waals surface area contributed by atoms with E-state index in [1.54, 1.807) is 6.08 Å². The molecule has 1 atom stereocenters. The van der Waals surface area contributed by atoms with E-state index in [9.17, 15) is 9.59 Å². The van der Waals surface area contributed by atoms with Crippen molar-refractivity contribution in [1.29, 1.82) is 0 Å². The minimum atomic E-state index is -0.836. The zero-order chi connectivity index (χ0) is 11.4. The van der Waals surface area contributed by atoms with Crippen molar-refractivity contribution in [2.45, 2.75) is 25.0 Å². The number of aliphatic carboxylic acids is 1. The molecule has 15 heavy (non-hydrogen) atoms. The molecule has 0 aliphatic heterocycles. The molecule has 1 aliphatic rings. The highest BCUT2D eigenvalue weighted by Crippen LogP contribution is 2.34. The number of hydrogen-bond donors (Lipinski definition) is 1. The topological polar surface area (TPSA) is 54.4 Å². The number of Topliss-reactive ketones (excluding diaryl/α,β-unsaturated/α-hetero) is 1. The Balaban J connectivity index is 2.67. The molecule has 0 aromatic rings. The zero-order valence-corrected chi connectivity index (χ0v) is 9.47. The summed E-state index contributed by atoms with van der Waals surface area (Å²) in [6.07, 6.45) is 2.74. The lowest BCUT2D eigenvalue weighted by molar-refractivity contribution is -0.134. The maximum absolute atomic E-state index is 11.6. The van der Waals surface area contributed by atoms with Crippen LogP contribution in [0.4, 0.5) is 0 Å². The average molecular weight is 226 g/mol. The number of rotatable bonds is 5. The Morgan fingerprint density at radius 2 is 2.40 bits per heavy atom. The summed E-state index contributed by atoms with van der Waals surface area (Å²) in [5, 5.41) is 8.60. The molecule has 0 aromatic heterocycles. The predicted octanol–water partition coefficient (Wildman–Crippen LogP) is 2.04. The first kappa shape index (κ1) is 12.0. The number of carbonyl (C=O) groups excluding carboxylic acids is 1. The van der Waals surface area contributed by atoms with Crippen molar-refractivity contribution in [2.24, 2.45) is 0 Å². The first-order valence-electron chi connectivity index (χ1n) is 4.73. The molecule has 1 N–H and O–H groups in total. The molecular weight excluding hydrogens is 212 g/mol. The van der Waals surface area contributed by atoms with Crippen LogP contribution in [0.2, 0.25) is 0 Å². The van der Waals surface area contributed by atoms with Crippen LogP contribution in [0.1, 0.15) is 19.8 Å². The fourth-order valence-corrected chi connectivity index (χ4v) is 2.64. The smallest absolute Gasteiger partial charge is 0.313 e. The number of carbonyl (C=O) groups is 2. The molecule has 1 aliphatic carbocycles. The largest absolute Gasteiger partial charge is 0.481 e. The zero-order valence-electron chi connectivity index (χ0n) is 8.66. The number of carboxylic acids is 1. The minimum absolute atomic E-state index is 0.0450. The second-order valence-electron chi connectivity index (χ2n) is 3.48. The number of carboxylic acid groups (broad SMARTS) is 1. The number of allylic oxidation sites excluding steroid dienone is 2. The van der Waals surface area contributed by atoms with Gasteiger partial charge in [-0.25, -0.2) is 0 Å². The average Bonchev–Trinajstić information content (AvgIpc) is 2.43. The van der Waals surface area contributed by atoms with E-state index in [2.05, 4.69) is 6.58 Å². The Morgan fingerprint density at radius 3 is 2.93 bits per heavy atom. The van der Waals surface area contributed by atoms with Crippen LogP contribution in [-0.4, -0.2) is 27.9 Å². The molecule has 4 heteroatoms. The van der Waals surface area contributed by atoms with E-state index in [-0.39, 0.29) is 16.8 Å². The monoisotopic (exact) mass is 226 g/mol. The third-order valence-corrected chi connectivity index (χ3v) is 3.76. The first-order chi connectivity index (χ1) is 7.06. The summed E-state index contributed by atoms with van der Waals surface area (Å²) in [5.41, 5.74) is 1.83. The molecule has 0 spiro atoms. The lowest BCUT2D eigenvalue weighted by atomic mass is 10.1. The van der Waals surface area contributed by atoms with Gasteiger partial charge >= 0.3 is 5.97 Å². The van der Waals surface area contributed by atoms with E-state index >= 15 is 0 Å². The predicted molar refractivity (Wildman–Crippen MR) is 61.0 cm³/mol. The van der Waals surface area contributed by atoms with Crippen LogP contribution in [0, 0.1) is 0 Å². The Hall–Kier alpha value is -1.03. The SMILES string of the molecule is C=CCC1=C(C)C(SCC(=O)O)CC1=O. The number of thioether (sulfide) groups is 1. The van der Waals surface area contributed by atoms with Gasteiger partial charge < -0.3 is 5.11 Å². The van der Waals surface area contributed by atoms with Gasteiger partial charge in [-0.3, -0.25) is 9.59 Å². The van der Waals surface area contributed by atoms with E-state index in [0.29, 0.717) is 12.8 Å². The van der Waals surface area contributed by atoms with Gasteiger partial charge in [-0.2, -0.15) is 0 Å². The van der Waals surface area contributed by atoms with Gasteiger partial charge in [-0.15, -0.1) is 18.3 Å². The van der Waals surface area contributed by atoms with Crippen LogP contribution >= 0.6 is 11.8 Å². The van der Waals surface area contributed by atoms with E-state index in [4.69, 9.17) is 5.11 Å². The van der Waals surface area contributed by atoms with Crippen LogP contribution in [0.5, 0.6) is 0 Å². The van der Waals surface area contributed by atoms with Gasteiger partial charge in [-0.05, 0) is 18.9 Å². The molecule has 3 nitrogen and oxygen atoms in total. The second-order valence-corrected chi connectivity index (χ2v) is 4.67. The van der Waals surface area contributed by atoms with E-state index in [1.807, 2.05) is 6.92 Å². The highest BCUT2D eigenvalue weighted by Gasteiger charge is 2.29. The second kappa shape index (κ2) is 5.16. The van der Waals surface area contributed by atoms with Crippen LogP contribution in [0.3, 0.4) is 0 Å². The van der Waals surface area contributed by atoms with E-state index in [1.165, 1.54) is 11.8 Å². The normalized spacial score (nSPS) is 20.9.